The number of nitrogens with zero attached hydrogens (tertiary/aromatic N) is 2. The number of aromatic nitrogens is 2. The van der Waals surface area contributed by atoms with Crippen LogP contribution >= 0.6 is 15.9 Å². The van der Waals surface area contributed by atoms with Crippen LogP contribution in [0.15, 0.2) is 45.9 Å². The molecule has 0 saturated carbocycles. The average molecular weight is 465 g/mol. The van der Waals surface area contributed by atoms with Gasteiger partial charge in [0.15, 0.2) is 23.1 Å². The van der Waals surface area contributed by atoms with Crippen LogP contribution < -0.4 is 19.8 Å². The van der Waals surface area contributed by atoms with Gasteiger partial charge >= 0.3 is 5.97 Å². The molecule has 0 radical (unpaired) electrons. The Kier molecular flexibility index (Phi) is 6.48. The van der Waals surface area contributed by atoms with Gasteiger partial charge in [-0.1, -0.05) is 15.9 Å². The molecule has 9 heteroatoms. The topological polar surface area (TPSA) is 79.7 Å². The highest BCUT2D eigenvalue weighted by atomic mass is 79.9. The molecule has 0 aliphatic carbocycles. The standard InChI is InChI=1S/C20H18BrFN2O5/c1-27-17-9-13-15(10-18(17)28-2)23-11-24(20(13)26)7-3-4-19(25)29-16-6-5-12(21)8-14(16)22/h5-6,8-11H,3-4,7H2,1-2H3. The Morgan fingerprint density at radius 1 is 1.14 bits per heavy atom. The highest BCUT2D eigenvalue weighted by Gasteiger charge is 2.13. The number of methoxy groups -OCH3 is 2. The smallest absolute Gasteiger partial charge is 0.311 e. The van der Waals surface area contributed by atoms with Crippen LogP contribution in [0.1, 0.15) is 12.8 Å². The molecule has 1 heterocycles. The molecule has 0 saturated heterocycles. The molecule has 1 aromatic heterocycles. The second kappa shape index (κ2) is 9.04. The fraction of sp³-hybridized carbons (Fsp3) is 0.250. The van der Waals surface area contributed by atoms with Crippen LogP contribution in [0.3, 0.4) is 0 Å². The number of esters is 1. The molecular weight excluding hydrogens is 447 g/mol. The van der Waals surface area contributed by atoms with Gasteiger partial charge in [-0.2, -0.15) is 0 Å². The van der Waals surface area contributed by atoms with Crippen molar-refractivity contribution >= 4 is 32.8 Å². The van der Waals surface area contributed by atoms with E-state index in [-0.39, 0.29) is 24.3 Å². The zero-order chi connectivity index (χ0) is 21.0. The van der Waals surface area contributed by atoms with Crippen molar-refractivity contribution in [3.63, 3.8) is 0 Å². The number of carbonyl (C=O) groups is 1. The molecule has 29 heavy (non-hydrogen) atoms. The maximum absolute atomic E-state index is 13.7. The lowest BCUT2D eigenvalue weighted by molar-refractivity contribution is -0.134. The quantitative estimate of drug-likeness (QED) is 0.391. The third-order valence-electron chi connectivity index (χ3n) is 4.23. The lowest BCUT2D eigenvalue weighted by Crippen LogP contribution is -2.21. The van der Waals surface area contributed by atoms with Gasteiger partial charge in [0, 0.05) is 23.5 Å². The van der Waals surface area contributed by atoms with Crippen LogP contribution in [0.25, 0.3) is 10.9 Å². The first-order valence-electron chi connectivity index (χ1n) is 8.70. The first kappa shape index (κ1) is 20.8. The van der Waals surface area contributed by atoms with E-state index < -0.39 is 11.8 Å². The van der Waals surface area contributed by atoms with Crippen LogP contribution in [0.5, 0.6) is 17.2 Å². The number of hydrogen-bond donors (Lipinski definition) is 0. The van der Waals surface area contributed by atoms with E-state index in [2.05, 4.69) is 20.9 Å². The summed E-state index contributed by atoms with van der Waals surface area (Å²) in [6.07, 6.45) is 1.76. The Balaban J connectivity index is 1.68. The van der Waals surface area contributed by atoms with E-state index in [9.17, 15) is 14.0 Å². The SMILES string of the molecule is COc1cc2ncn(CCCC(=O)Oc3ccc(Br)cc3F)c(=O)c2cc1OC. The highest BCUT2D eigenvalue weighted by Crippen LogP contribution is 2.29. The summed E-state index contributed by atoms with van der Waals surface area (Å²) in [5.41, 5.74) is 0.220. The molecule has 0 amide bonds. The molecule has 0 atom stereocenters. The number of benzene rings is 2. The minimum absolute atomic E-state index is 0.0198. The molecular formula is C20H18BrFN2O5. The molecule has 3 aromatic rings. The van der Waals surface area contributed by atoms with E-state index in [1.54, 1.807) is 18.2 Å². The molecule has 2 aromatic carbocycles. The molecule has 0 bridgehead atoms. The minimum Gasteiger partial charge on any atom is -0.493 e. The first-order chi connectivity index (χ1) is 13.9. The van der Waals surface area contributed by atoms with E-state index in [1.807, 2.05) is 0 Å². The minimum atomic E-state index is -0.632. The van der Waals surface area contributed by atoms with Crippen molar-refractivity contribution in [3.8, 4) is 17.2 Å². The molecule has 152 valence electrons. The van der Waals surface area contributed by atoms with Crippen LogP contribution in [0.4, 0.5) is 4.39 Å². The lowest BCUT2D eigenvalue weighted by atomic mass is 10.2. The number of hydrogen-bond acceptors (Lipinski definition) is 6. The van der Waals surface area contributed by atoms with Gasteiger partial charge in [-0.3, -0.25) is 14.2 Å². The Labute approximate surface area is 174 Å². The van der Waals surface area contributed by atoms with Gasteiger partial charge in [0.2, 0.25) is 0 Å². The summed E-state index contributed by atoms with van der Waals surface area (Å²) in [4.78, 5) is 28.9. The van der Waals surface area contributed by atoms with Crippen molar-refractivity contribution in [2.45, 2.75) is 19.4 Å². The van der Waals surface area contributed by atoms with E-state index in [1.165, 1.54) is 37.2 Å². The molecule has 0 aliphatic heterocycles. The summed E-state index contributed by atoms with van der Waals surface area (Å²) in [6.45, 7) is 0.258. The van der Waals surface area contributed by atoms with Gasteiger partial charge in [-0.25, -0.2) is 9.37 Å². The maximum atomic E-state index is 13.7. The van der Waals surface area contributed by atoms with Crippen LogP contribution in [0, 0.1) is 5.82 Å². The third kappa shape index (κ3) is 4.73. The van der Waals surface area contributed by atoms with Crippen molar-refractivity contribution in [2.24, 2.45) is 0 Å². The highest BCUT2D eigenvalue weighted by molar-refractivity contribution is 9.10. The molecule has 0 N–H and O–H groups in total. The lowest BCUT2D eigenvalue weighted by Gasteiger charge is -2.10. The molecule has 3 rings (SSSR count). The van der Waals surface area contributed by atoms with Gasteiger partial charge in [0.1, 0.15) is 0 Å². The molecule has 0 spiro atoms. The fourth-order valence-electron chi connectivity index (χ4n) is 2.77. The van der Waals surface area contributed by atoms with Crippen molar-refractivity contribution in [1.29, 1.82) is 0 Å². The Hall–Kier alpha value is -2.94. The summed E-state index contributed by atoms with van der Waals surface area (Å²) < 4.78 is 31.2. The van der Waals surface area contributed by atoms with E-state index >= 15 is 0 Å². The number of carbonyl (C=O) groups excluding carboxylic acids is 1. The molecule has 0 unspecified atom stereocenters. The summed E-state index contributed by atoms with van der Waals surface area (Å²) in [5.74, 6) is -0.445. The number of fused-ring (bicyclic) bond motifs is 1. The van der Waals surface area contributed by atoms with E-state index in [4.69, 9.17) is 14.2 Å². The number of halogens is 2. The van der Waals surface area contributed by atoms with Crippen molar-refractivity contribution in [3.05, 3.63) is 57.3 Å². The number of ether oxygens (including phenoxy) is 3. The number of rotatable bonds is 7. The second-order valence-corrected chi connectivity index (χ2v) is 7.04. The van der Waals surface area contributed by atoms with Gasteiger partial charge < -0.3 is 14.2 Å². The normalized spacial score (nSPS) is 10.8. The monoisotopic (exact) mass is 464 g/mol. The van der Waals surface area contributed by atoms with Crippen LogP contribution in [-0.4, -0.2) is 29.7 Å². The molecule has 0 fully saturated rings. The van der Waals surface area contributed by atoms with E-state index in [0.717, 1.165) is 0 Å². The van der Waals surface area contributed by atoms with Gasteiger partial charge in [-0.15, -0.1) is 0 Å². The summed E-state index contributed by atoms with van der Waals surface area (Å²) in [5, 5.41) is 0.379. The summed E-state index contributed by atoms with van der Waals surface area (Å²) >= 11 is 3.14. The van der Waals surface area contributed by atoms with Crippen LogP contribution in [-0.2, 0) is 11.3 Å². The summed E-state index contributed by atoms with van der Waals surface area (Å²) in [6, 6.07) is 7.37. The predicted octanol–water partition coefficient (Wildman–Crippen LogP) is 3.70. The van der Waals surface area contributed by atoms with Gasteiger partial charge in [0.05, 0.1) is 31.4 Å². The van der Waals surface area contributed by atoms with Crippen molar-refractivity contribution < 1.29 is 23.4 Å². The average Bonchev–Trinajstić information content (AvgIpc) is 2.71. The van der Waals surface area contributed by atoms with Crippen LogP contribution in [0.2, 0.25) is 0 Å². The molecule has 0 aliphatic rings. The van der Waals surface area contributed by atoms with Gasteiger partial charge in [0.25, 0.3) is 5.56 Å². The summed E-state index contributed by atoms with van der Waals surface area (Å²) in [7, 11) is 2.99. The van der Waals surface area contributed by atoms with Crippen molar-refractivity contribution in [2.75, 3.05) is 14.2 Å². The number of aryl methyl sites for hydroxylation is 1. The first-order valence-corrected chi connectivity index (χ1v) is 9.49. The predicted molar refractivity (Wildman–Crippen MR) is 108 cm³/mol. The Morgan fingerprint density at radius 2 is 1.86 bits per heavy atom. The zero-order valence-corrected chi connectivity index (χ0v) is 17.4. The molecule has 7 nitrogen and oxygen atoms in total. The second-order valence-electron chi connectivity index (χ2n) is 6.12. The zero-order valence-electron chi connectivity index (χ0n) is 15.8. The third-order valence-corrected chi connectivity index (χ3v) is 4.72. The largest absolute Gasteiger partial charge is 0.493 e. The van der Waals surface area contributed by atoms with E-state index in [0.29, 0.717) is 33.3 Å². The van der Waals surface area contributed by atoms with Crippen molar-refractivity contribution in [1.82, 2.24) is 9.55 Å². The Morgan fingerprint density at radius 3 is 2.55 bits per heavy atom. The van der Waals surface area contributed by atoms with Gasteiger partial charge in [-0.05, 0) is 30.7 Å². The fourth-order valence-corrected chi connectivity index (χ4v) is 3.10. The maximum Gasteiger partial charge on any atom is 0.311 e. The Bertz CT molecular complexity index is 1120.